The van der Waals surface area contributed by atoms with E-state index in [2.05, 4.69) is 4.98 Å². The van der Waals surface area contributed by atoms with E-state index >= 15 is 0 Å². The largest absolute Gasteiger partial charge is 0.465 e. The average Bonchev–Trinajstić information content (AvgIpc) is 2.80. The van der Waals surface area contributed by atoms with Gasteiger partial charge < -0.3 is 10.5 Å². The molecule has 1 aliphatic carbocycles. The molecular weight excluding hydrogens is 491 g/mol. The first-order chi connectivity index (χ1) is 16.9. The van der Waals surface area contributed by atoms with Gasteiger partial charge in [-0.25, -0.2) is 9.29 Å². The number of benzene rings is 1. The minimum absolute atomic E-state index is 0.0440. The summed E-state index contributed by atoms with van der Waals surface area (Å²) in [7, 11) is -4.25. The van der Waals surface area contributed by atoms with Crippen LogP contribution in [0.1, 0.15) is 42.4 Å². The van der Waals surface area contributed by atoms with Crippen LogP contribution < -0.4 is 10.5 Å². The lowest BCUT2D eigenvalue weighted by molar-refractivity contribution is -0.183. The molecule has 2 heterocycles. The third-order valence-corrected chi connectivity index (χ3v) is 8.44. The van der Waals surface area contributed by atoms with E-state index in [4.69, 9.17) is 10.5 Å². The van der Waals surface area contributed by atoms with Crippen LogP contribution in [0.25, 0.3) is 0 Å². The van der Waals surface area contributed by atoms with Gasteiger partial charge in [0.25, 0.3) is 10.0 Å². The number of anilines is 1. The number of nitrogen functional groups attached to an aromatic ring is 1. The molecule has 194 valence electrons. The normalized spacial score (nSPS) is 22.9. The summed E-state index contributed by atoms with van der Waals surface area (Å²) in [5.41, 5.74) is 8.91. The zero-order valence-electron chi connectivity index (χ0n) is 20.4. The molecule has 1 unspecified atom stereocenters. The maximum Gasteiger partial charge on any atom is 0.391 e. The molecule has 0 bridgehead atoms. The highest BCUT2D eigenvalue weighted by molar-refractivity contribution is 7.89. The lowest BCUT2D eigenvalue weighted by Crippen LogP contribution is -2.46. The van der Waals surface area contributed by atoms with Crippen LogP contribution >= 0.6 is 0 Å². The van der Waals surface area contributed by atoms with E-state index < -0.39 is 28.3 Å². The predicted octanol–water partition coefficient (Wildman–Crippen LogP) is 5.81. The van der Waals surface area contributed by atoms with Crippen LogP contribution in [-0.2, 0) is 10.0 Å². The van der Waals surface area contributed by atoms with Crippen LogP contribution in [0.15, 0.2) is 59.3 Å². The van der Waals surface area contributed by atoms with Gasteiger partial charge in [0.05, 0.1) is 5.92 Å². The zero-order chi connectivity index (χ0) is 26.3. The first-order valence-electron chi connectivity index (χ1n) is 11.8. The molecular formula is C26H30F3N3O3S. The van der Waals surface area contributed by atoms with E-state index in [1.165, 1.54) is 18.2 Å². The number of rotatable bonds is 5. The number of hydrogen-bond donors (Lipinski definition) is 1. The maximum absolute atomic E-state index is 13.9. The fourth-order valence-corrected chi connectivity index (χ4v) is 6.64. The number of allylic oxidation sites excluding steroid dienone is 3. The second-order valence-corrected chi connectivity index (χ2v) is 11.3. The Hall–Kier alpha value is -3.01. The fraction of sp³-hybridized carbons (Fsp3) is 0.423. The van der Waals surface area contributed by atoms with Gasteiger partial charge in [0.15, 0.2) is 5.03 Å². The van der Waals surface area contributed by atoms with Gasteiger partial charge in [-0.1, -0.05) is 29.8 Å². The number of sulfonamides is 1. The minimum atomic E-state index is -4.25. The van der Waals surface area contributed by atoms with Crippen LogP contribution in [0, 0.1) is 32.6 Å². The summed E-state index contributed by atoms with van der Waals surface area (Å²) in [5, 5.41) is -0.251. The highest BCUT2D eigenvalue weighted by Crippen LogP contribution is 2.44. The van der Waals surface area contributed by atoms with E-state index in [-0.39, 0.29) is 42.4 Å². The van der Waals surface area contributed by atoms with Gasteiger partial charge in [-0.3, -0.25) is 0 Å². The molecule has 4 rings (SSSR count). The second-order valence-electron chi connectivity index (χ2n) is 9.50. The number of aryl methyl sites for hydroxylation is 3. The number of ether oxygens (including phenoxy) is 1. The zero-order valence-corrected chi connectivity index (χ0v) is 21.2. The van der Waals surface area contributed by atoms with Crippen molar-refractivity contribution in [2.24, 2.45) is 11.8 Å². The third kappa shape index (κ3) is 5.23. The van der Waals surface area contributed by atoms with Crippen molar-refractivity contribution in [2.45, 2.75) is 63.9 Å². The molecule has 1 aromatic heterocycles. The summed E-state index contributed by atoms with van der Waals surface area (Å²) >= 11 is 0. The van der Waals surface area contributed by atoms with Crippen molar-refractivity contribution in [3.63, 3.8) is 0 Å². The Kier molecular flexibility index (Phi) is 7.10. The molecule has 10 heteroatoms. The number of nitrogens with zero attached hydrogens (tertiary/aromatic N) is 2. The highest BCUT2D eigenvalue weighted by atomic mass is 32.2. The maximum atomic E-state index is 13.9. The fourth-order valence-electron chi connectivity index (χ4n) is 5.09. The van der Waals surface area contributed by atoms with Gasteiger partial charge >= 0.3 is 6.18 Å². The molecule has 2 aromatic rings. The topological polar surface area (TPSA) is 85.5 Å². The molecule has 0 radical (unpaired) electrons. The van der Waals surface area contributed by atoms with Gasteiger partial charge in [0.2, 0.25) is 6.23 Å². The monoisotopic (exact) mass is 521 g/mol. The summed E-state index contributed by atoms with van der Waals surface area (Å²) in [6, 6.07) is 8.22. The molecule has 1 fully saturated rings. The summed E-state index contributed by atoms with van der Waals surface area (Å²) in [5.74, 6) is -1.16. The van der Waals surface area contributed by atoms with Gasteiger partial charge in [0.1, 0.15) is 11.6 Å². The van der Waals surface area contributed by atoms with E-state index in [0.717, 1.165) is 21.0 Å². The molecule has 1 aliphatic heterocycles. The van der Waals surface area contributed by atoms with Crippen molar-refractivity contribution in [1.82, 2.24) is 9.29 Å². The summed E-state index contributed by atoms with van der Waals surface area (Å²) in [4.78, 5) is 4.02. The molecule has 36 heavy (non-hydrogen) atoms. The van der Waals surface area contributed by atoms with E-state index in [9.17, 15) is 21.6 Å². The van der Waals surface area contributed by atoms with Crippen molar-refractivity contribution in [3.05, 3.63) is 70.9 Å². The number of aromatic nitrogens is 1. The van der Waals surface area contributed by atoms with Crippen molar-refractivity contribution in [2.75, 3.05) is 5.73 Å². The Balaban J connectivity index is 1.73. The first-order valence-corrected chi connectivity index (χ1v) is 13.3. The van der Waals surface area contributed by atoms with Crippen molar-refractivity contribution >= 4 is 15.8 Å². The molecule has 2 N–H and O–H groups in total. The molecule has 0 spiro atoms. The Labute approximate surface area is 209 Å². The molecule has 0 saturated heterocycles. The predicted molar refractivity (Wildman–Crippen MR) is 131 cm³/mol. The lowest BCUT2D eigenvalue weighted by atomic mass is 9.79. The lowest BCUT2D eigenvalue weighted by Gasteiger charge is -2.40. The summed E-state index contributed by atoms with van der Waals surface area (Å²) in [6.07, 6.45) is -0.000185. The van der Waals surface area contributed by atoms with Crippen LogP contribution in [0.3, 0.4) is 0 Å². The van der Waals surface area contributed by atoms with E-state index in [1.54, 1.807) is 18.2 Å². The smallest absolute Gasteiger partial charge is 0.391 e. The van der Waals surface area contributed by atoms with Crippen LogP contribution in [0.2, 0.25) is 0 Å². The number of hydrogen-bond acceptors (Lipinski definition) is 5. The Morgan fingerprint density at radius 1 is 1.06 bits per heavy atom. The highest BCUT2D eigenvalue weighted by Gasteiger charge is 2.45. The quantitative estimate of drug-likeness (QED) is 0.537. The number of alkyl halides is 3. The van der Waals surface area contributed by atoms with E-state index in [1.807, 2.05) is 32.9 Å². The molecule has 0 amide bonds. The van der Waals surface area contributed by atoms with Gasteiger partial charge in [-0.2, -0.15) is 21.6 Å². The van der Waals surface area contributed by atoms with Crippen molar-refractivity contribution in [3.8, 4) is 5.75 Å². The van der Waals surface area contributed by atoms with Gasteiger partial charge in [0, 0.05) is 11.6 Å². The Morgan fingerprint density at radius 3 is 2.28 bits per heavy atom. The standard InChI is InChI=1S/C26H30F3N3O3S/c1-16-14-17(2)25(18(3)15-16)35-24-9-4-6-21(19-10-12-20(13-11-19)26(27,28)29)32(24)36(33,34)23-8-5-7-22(30)31-23/h4-9,14-15,19-20,24H,10-13H2,1-3H3,(H2,30,31). The third-order valence-electron chi connectivity index (χ3n) is 6.75. The van der Waals surface area contributed by atoms with E-state index in [0.29, 0.717) is 11.4 Å². The van der Waals surface area contributed by atoms with Gasteiger partial charge in [-0.15, -0.1) is 0 Å². The number of halogens is 3. The van der Waals surface area contributed by atoms with Gasteiger partial charge in [-0.05, 0) is 81.9 Å². The van der Waals surface area contributed by atoms with Crippen LogP contribution in [0.5, 0.6) is 5.75 Å². The minimum Gasteiger partial charge on any atom is -0.465 e. The van der Waals surface area contributed by atoms with Crippen molar-refractivity contribution in [1.29, 1.82) is 0 Å². The molecule has 1 saturated carbocycles. The SMILES string of the molecule is Cc1cc(C)c(OC2C=CC=C(C3CCC(C(F)(F)F)CC3)N2S(=O)(=O)c2cccc(N)n2)c(C)c1. The summed E-state index contributed by atoms with van der Waals surface area (Å²) < 4.78 is 75.1. The summed E-state index contributed by atoms with van der Waals surface area (Å²) in [6.45, 7) is 5.73. The average molecular weight is 522 g/mol. The van der Waals surface area contributed by atoms with Crippen molar-refractivity contribution < 1.29 is 26.3 Å². The molecule has 2 aliphatic rings. The number of pyridine rings is 1. The number of nitrogens with two attached hydrogens (primary N) is 1. The Bertz CT molecular complexity index is 1270. The Morgan fingerprint density at radius 2 is 1.69 bits per heavy atom. The first kappa shape index (κ1) is 26.1. The molecule has 1 aromatic carbocycles. The van der Waals surface area contributed by atoms with Crippen LogP contribution in [0.4, 0.5) is 19.0 Å². The molecule has 1 atom stereocenters. The molecule has 6 nitrogen and oxygen atoms in total. The second kappa shape index (κ2) is 9.80. The van der Waals surface area contributed by atoms with Crippen LogP contribution in [-0.4, -0.2) is 30.1 Å².